The SMILES string of the molecule is N[C@@H]1CN(c2cccnc2)C1=O. The van der Waals surface area contributed by atoms with Crippen molar-refractivity contribution in [1.82, 2.24) is 4.98 Å². The molecule has 0 bridgehead atoms. The van der Waals surface area contributed by atoms with Crippen molar-refractivity contribution in [3.05, 3.63) is 24.5 Å². The molecule has 1 aromatic heterocycles. The number of pyridine rings is 1. The first-order chi connectivity index (χ1) is 5.79. The standard InChI is InChI=1S/C8H9N3O/c9-7-5-11(8(7)12)6-2-1-3-10-4-6/h1-4,7H,5,9H2/t7-/m1/s1. The highest BCUT2D eigenvalue weighted by Crippen LogP contribution is 2.18. The van der Waals surface area contributed by atoms with E-state index in [0.717, 1.165) is 5.69 Å². The van der Waals surface area contributed by atoms with Gasteiger partial charge in [0.25, 0.3) is 0 Å². The number of nitrogens with two attached hydrogens (primary N) is 1. The predicted octanol–water partition coefficient (Wildman–Crippen LogP) is -0.245. The van der Waals surface area contributed by atoms with Crippen LogP contribution in [0, 0.1) is 0 Å². The fourth-order valence-corrected chi connectivity index (χ4v) is 1.20. The van der Waals surface area contributed by atoms with Crippen LogP contribution < -0.4 is 10.6 Å². The molecule has 2 N–H and O–H groups in total. The van der Waals surface area contributed by atoms with Gasteiger partial charge in [0.2, 0.25) is 5.91 Å². The first-order valence-electron chi connectivity index (χ1n) is 3.76. The number of rotatable bonds is 1. The smallest absolute Gasteiger partial charge is 0.245 e. The summed E-state index contributed by atoms with van der Waals surface area (Å²) in [6.45, 7) is 0.602. The van der Waals surface area contributed by atoms with Crippen LogP contribution in [0.4, 0.5) is 5.69 Å². The van der Waals surface area contributed by atoms with Gasteiger partial charge in [0.15, 0.2) is 0 Å². The van der Waals surface area contributed by atoms with Crippen molar-refractivity contribution < 1.29 is 4.79 Å². The summed E-state index contributed by atoms with van der Waals surface area (Å²) >= 11 is 0. The number of nitrogens with zero attached hydrogens (tertiary/aromatic N) is 2. The van der Waals surface area contributed by atoms with E-state index in [1.165, 1.54) is 0 Å². The third-order valence-corrected chi connectivity index (χ3v) is 1.92. The molecule has 0 saturated carbocycles. The van der Waals surface area contributed by atoms with Crippen molar-refractivity contribution in [2.75, 3.05) is 11.4 Å². The lowest BCUT2D eigenvalue weighted by atomic mass is 10.1. The molecule has 4 nitrogen and oxygen atoms in total. The number of aromatic nitrogens is 1. The second kappa shape index (κ2) is 2.57. The van der Waals surface area contributed by atoms with Crippen LogP contribution in [0.2, 0.25) is 0 Å². The number of anilines is 1. The molecule has 0 unspecified atom stereocenters. The van der Waals surface area contributed by atoms with Crippen LogP contribution in [0.25, 0.3) is 0 Å². The Bertz CT molecular complexity index is 298. The van der Waals surface area contributed by atoms with Gasteiger partial charge in [-0.15, -0.1) is 0 Å². The summed E-state index contributed by atoms with van der Waals surface area (Å²) in [5.74, 6) is -0.0250. The molecule has 1 aromatic rings. The minimum absolute atomic E-state index is 0.0250. The van der Waals surface area contributed by atoms with Crippen LogP contribution >= 0.6 is 0 Å². The van der Waals surface area contributed by atoms with Gasteiger partial charge in [-0.25, -0.2) is 0 Å². The van der Waals surface area contributed by atoms with E-state index in [9.17, 15) is 4.79 Å². The number of hydrogen-bond donors (Lipinski definition) is 1. The van der Waals surface area contributed by atoms with Crippen molar-refractivity contribution in [2.24, 2.45) is 5.73 Å². The van der Waals surface area contributed by atoms with Crippen molar-refractivity contribution in [1.29, 1.82) is 0 Å². The van der Waals surface area contributed by atoms with E-state index >= 15 is 0 Å². The van der Waals surface area contributed by atoms with Gasteiger partial charge in [-0.05, 0) is 12.1 Å². The molecular formula is C8H9N3O. The van der Waals surface area contributed by atoms with Crippen molar-refractivity contribution in [2.45, 2.75) is 6.04 Å². The molecule has 12 heavy (non-hydrogen) atoms. The summed E-state index contributed by atoms with van der Waals surface area (Å²) in [7, 11) is 0. The molecule has 1 atom stereocenters. The molecule has 62 valence electrons. The molecule has 0 spiro atoms. The molecule has 1 aliphatic heterocycles. The van der Waals surface area contributed by atoms with Gasteiger partial charge in [0.05, 0.1) is 18.4 Å². The normalized spacial score (nSPS) is 22.2. The number of amides is 1. The first-order valence-corrected chi connectivity index (χ1v) is 3.76. The predicted molar refractivity (Wildman–Crippen MR) is 44.6 cm³/mol. The highest BCUT2D eigenvalue weighted by molar-refractivity contribution is 6.03. The average Bonchev–Trinajstić information content (AvgIpc) is 2.15. The lowest BCUT2D eigenvalue weighted by molar-refractivity contribution is -0.123. The van der Waals surface area contributed by atoms with E-state index in [4.69, 9.17) is 5.73 Å². The summed E-state index contributed by atoms with van der Waals surface area (Å²) in [6.07, 6.45) is 3.33. The summed E-state index contributed by atoms with van der Waals surface area (Å²) in [6, 6.07) is 3.33. The molecule has 4 heteroatoms. The second-order valence-electron chi connectivity index (χ2n) is 2.77. The second-order valence-corrected chi connectivity index (χ2v) is 2.77. The van der Waals surface area contributed by atoms with Crippen LogP contribution in [0.5, 0.6) is 0 Å². The third kappa shape index (κ3) is 0.967. The number of carbonyl (C=O) groups is 1. The topological polar surface area (TPSA) is 59.2 Å². The lowest BCUT2D eigenvalue weighted by Gasteiger charge is -2.35. The Balaban J connectivity index is 2.19. The Morgan fingerprint density at radius 3 is 3.00 bits per heavy atom. The van der Waals surface area contributed by atoms with Crippen LogP contribution in [0.3, 0.4) is 0 Å². The first kappa shape index (κ1) is 7.24. The van der Waals surface area contributed by atoms with Gasteiger partial charge >= 0.3 is 0 Å². The van der Waals surface area contributed by atoms with Crippen molar-refractivity contribution >= 4 is 11.6 Å². The molecule has 1 saturated heterocycles. The fourth-order valence-electron chi connectivity index (χ4n) is 1.20. The maximum absolute atomic E-state index is 11.1. The lowest BCUT2D eigenvalue weighted by Crippen LogP contribution is -2.61. The quantitative estimate of drug-likeness (QED) is 0.581. The summed E-state index contributed by atoms with van der Waals surface area (Å²) in [4.78, 5) is 16.7. The molecule has 0 aliphatic carbocycles. The number of hydrogen-bond acceptors (Lipinski definition) is 3. The Morgan fingerprint density at radius 1 is 1.67 bits per heavy atom. The fraction of sp³-hybridized carbons (Fsp3) is 0.250. The monoisotopic (exact) mass is 163 g/mol. The highest BCUT2D eigenvalue weighted by Gasteiger charge is 2.34. The van der Waals surface area contributed by atoms with Crippen LogP contribution in [-0.4, -0.2) is 23.5 Å². The molecule has 1 aliphatic rings. The number of carbonyl (C=O) groups excluding carboxylic acids is 1. The van der Waals surface area contributed by atoms with Gasteiger partial charge < -0.3 is 10.6 Å². The Kier molecular flexibility index (Phi) is 1.55. The summed E-state index contributed by atoms with van der Waals surface area (Å²) < 4.78 is 0. The number of β-lactam (4-membered cyclic amide) rings is 1. The minimum atomic E-state index is -0.315. The van der Waals surface area contributed by atoms with Gasteiger partial charge in [-0.1, -0.05) is 0 Å². The zero-order valence-corrected chi connectivity index (χ0v) is 6.47. The van der Waals surface area contributed by atoms with Crippen molar-refractivity contribution in [3.8, 4) is 0 Å². The Hall–Kier alpha value is -1.42. The summed E-state index contributed by atoms with van der Waals surface area (Å²) in [5, 5.41) is 0. The summed E-state index contributed by atoms with van der Waals surface area (Å²) in [5.41, 5.74) is 6.26. The van der Waals surface area contributed by atoms with E-state index in [1.807, 2.05) is 6.07 Å². The zero-order chi connectivity index (χ0) is 8.55. The molecular weight excluding hydrogens is 154 g/mol. The van der Waals surface area contributed by atoms with Gasteiger partial charge in [-0.2, -0.15) is 0 Å². The van der Waals surface area contributed by atoms with Gasteiger partial charge in [0, 0.05) is 6.20 Å². The average molecular weight is 163 g/mol. The zero-order valence-electron chi connectivity index (χ0n) is 6.47. The van der Waals surface area contributed by atoms with E-state index in [1.54, 1.807) is 23.4 Å². The molecule has 2 heterocycles. The van der Waals surface area contributed by atoms with Crippen LogP contribution in [-0.2, 0) is 4.79 Å². The largest absolute Gasteiger partial charge is 0.318 e. The van der Waals surface area contributed by atoms with Crippen LogP contribution in [0.15, 0.2) is 24.5 Å². The molecule has 1 amide bonds. The Labute approximate surface area is 70.0 Å². The van der Waals surface area contributed by atoms with E-state index in [-0.39, 0.29) is 11.9 Å². The van der Waals surface area contributed by atoms with Gasteiger partial charge in [-0.3, -0.25) is 9.78 Å². The molecule has 2 rings (SSSR count). The molecule has 1 fully saturated rings. The minimum Gasteiger partial charge on any atom is -0.318 e. The maximum atomic E-state index is 11.1. The third-order valence-electron chi connectivity index (χ3n) is 1.92. The van der Waals surface area contributed by atoms with Gasteiger partial charge in [0.1, 0.15) is 6.04 Å². The van der Waals surface area contributed by atoms with E-state index < -0.39 is 0 Å². The Morgan fingerprint density at radius 2 is 2.50 bits per heavy atom. The molecule has 0 aromatic carbocycles. The van der Waals surface area contributed by atoms with E-state index in [2.05, 4.69) is 4.98 Å². The van der Waals surface area contributed by atoms with Crippen molar-refractivity contribution in [3.63, 3.8) is 0 Å². The molecule has 0 radical (unpaired) electrons. The van der Waals surface area contributed by atoms with Crippen LogP contribution in [0.1, 0.15) is 0 Å². The maximum Gasteiger partial charge on any atom is 0.245 e. The highest BCUT2D eigenvalue weighted by atomic mass is 16.2. The van der Waals surface area contributed by atoms with E-state index in [0.29, 0.717) is 6.54 Å².